The Morgan fingerprint density at radius 3 is 2.37 bits per heavy atom. The minimum atomic E-state index is -0.432. The molecule has 0 aromatic heterocycles. The van der Waals surface area contributed by atoms with Gasteiger partial charge in [0.1, 0.15) is 5.75 Å². The Balaban J connectivity index is 1.50. The van der Waals surface area contributed by atoms with Crippen LogP contribution in [0.1, 0.15) is 23.2 Å². The number of nitrogens with zero attached hydrogens (tertiary/aromatic N) is 1. The van der Waals surface area contributed by atoms with Gasteiger partial charge in [0.15, 0.2) is 6.61 Å². The van der Waals surface area contributed by atoms with Crippen molar-refractivity contribution in [1.29, 1.82) is 0 Å². The summed E-state index contributed by atoms with van der Waals surface area (Å²) >= 11 is 0. The lowest BCUT2D eigenvalue weighted by Crippen LogP contribution is -2.23. The molecule has 7 heteroatoms. The number of anilines is 2. The van der Waals surface area contributed by atoms with Gasteiger partial charge in [-0.05, 0) is 55.0 Å². The highest BCUT2D eigenvalue weighted by Crippen LogP contribution is 2.23. The Hall–Kier alpha value is -3.35. The number of amides is 2. The van der Waals surface area contributed by atoms with Crippen LogP contribution in [0.3, 0.4) is 0 Å². The van der Waals surface area contributed by atoms with Crippen LogP contribution in [-0.4, -0.2) is 38.0 Å². The number of hydrogen-bond donors (Lipinski definition) is 1. The molecule has 2 aromatic rings. The van der Waals surface area contributed by atoms with E-state index in [4.69, 9.17) is 4.74 Å². The Kier molecular flexibility index (Phi) is 5.71. The third-order valence-electron chi connectivity index (χ3n) is 4.18. The van der Waals surface area contributed by atoms with Crippen molar-refractivity contribution in [2.45, 2.75) is 12.8 Å². The number of ether oxygens (including phenoxy) is 2. The molecule has 1 fully saturated rings. The maximum absolute atomic E-state index is 12.0. The van der Waals surface area contributed by atoms with Crippen LogP contribution in [0, 0.1) is 0 Å². The number of methoxy groups -OCH3 is 1. The fraction of sp³-hybridized carbons (Fsp3) is 0.250. The first-order valence-corrected chi connectivity index (χ1v) is 8.58. The summed E-state index contributed by atoms with van der Waals surface area (Å²) < 4.78 is 10.0. The van der Waals surface area contributed by atoms with E-state index in [0.29, 0.717) is 23.4 Å². The van der Waals surface area contributed by atoms with E-state index in [1.165, 1.54) is 7.11 Å². The van der Waals surface area contributed by atoms with Crippen molar-refractivity contribution in [2.75, 3.05) is 30.5 Å². The van der Waals surface area contributed by atoms with E-state index in [-0.39, 0.29) is 18.4 Å². The minimum Gasteiger partial charge on any atom is -0.484 e. The molecule has 1 aliphatic rings. The first kappa shape index (κ1) is 18.4. The summed E-state index contributed by atoms with van der Waals surface area (Å²) in [7, 11) is 1.31. The normalized spacial score (nSPS) is 13.4. The molecule has 140 valence electrons. The third-order valence-corrected chi connectivity index (χ3v) is 4.18. The highest BCUT2D eigenvalue weighted by molar-refractivity contribution is 5.96. The highest BCUT2D eigenvalue weighted by Gasteiger charge is 2.21. The molecule has 0 aliphatic carbocycles. The molecule has 2 aromatic carbocycles. The number of nitrogens with one attached hydrogen (secondary N) is 1. The van der Waals surface area contributed by atoms with Gasteiger partial charge in [0, 0.05) is 24.3 Å². The second-order valence-electron chi connectivity index (χ2n) is 6.05. The summed E-state index contributed by atoms with van der Waals surface area (Å²) in [5.41, 5.74) is 1.86. The molecule has 3 rings (SSSR count). The van der Waals surface area contributed by atoms with Gasteiger partial charge in [0.25, 0.3) is 5.91 Å². The molecular weight excluding hydrogens is 348 g/mol. The molecule has 1 aliphatic heterocycles. The Morgan fingerprint density at radius 2 is 1.78 bits per heavy atom. The molecule has 0 saturated carbocycles. The largest absolute Gasteiger partial charge is 0.484 e. The Labute approximate surface area is 156 Å². The molecule has 1 saturated heterocycles. The van der Waals surface area contributed by atoms with E-state index in [1.807, 2.05) is 12.1 Å². The fourth-order valence-corrected chi connectivity index (χ4v) is 2.80. The van der Waals surface area contributed by atoms with Gasteiger partial charge >= 0.3 is 5.97 Å². The smallest absolute Gasteiger partial charge is 0.337 e. The molecule has 7 nitrogen and oxygen atoms in total. The SMILES string of the molecule is COC(=O)c1ccc(OCC(=O)Nc2ccc(N3CCCC3=O)cc2)cc1. The van der Waals surface area contributed by atoms with E-state index < -0.39 is 5.97 Å². The van der Waals surface area contributed by atoms with E-state index in [2.05, 4.69) is 10.1 Å². The summed E-state index contributed by atoms with van der Waals surface area (Å²) in [5, 5.41) is 2.74. The summed E-state index contributed by atoms with van der Waals surface area (Å²) in [6.07, 6.45) is 1.45. The van der Waals surface area contributed by atoms with Gasteiger partial charge in [-0.2, -0.15) is 0 Å². The number of hydrogen-bond acceptors (Lipinski definition) is 5. The second-order valence-corrected chi connectivity index (χ2v) is 6.05. The molecule has 0 radical (unpaired) electrons. The predicted molar refractivity (Wildman–Crippen MR) is 99.9 cm³/mol. The van der Waals surface area contributed by atoms with Crippen LogP contribution < -0.4 is 15.0 Å². The van der Waals surface area contributed by atoms with Crippen molar-refractivity contribution in [3.63, 3.8) is 0 Å². The van der Waals surface area contributed by atoms with Crippen LogP contribution in [0.5, 0.6) is 5.75 Å². The molecule has 0 spiro atoms. The maximum atomic E-state index is 12.0. The summed E-state index contributed by atoms with van der Waals surface area (Å²) in [6, 6.07) is 13.5. The second kappa shape index (κ2) is 8.35. The molecule has 0 unspecified atom stereocenters. The summed E-state index contributed by atoms with van der Waals surface area (Å²) in [5.74, 6) is -0.144. The van der Waals surface area contributed by atoms with E-state index in [1.54, 1.807) is 41.3 Å². The topological polar surface area (TPSA) is 84.9 Å². The van der Waals surface area contributed by atoms with Crippen molar-refractivity contribution in [1.82, 2.24) is 0 Å². The van der Waals surface area contributed by atoms with Gasteiger partial charge < -0.3 is 19.7 Å². The molecular formula is C20H20N2O5. The molecule has 2 amide bonds. The lowest BCUT2D eigenvalue weighted by molar-refractivity contribution is -0.118. The monoisotopic (exact) mass is 368 g/mol. The zero-order chi connectivity index (χ0) is 19.2. The van der Waals surface area contributed by atoms with Gasteiger partial charge in [-0.25, -0.2) is 4.79 Å². The third kappa shape index (κ3) is 4.63. The van der Waals surface area contributed by atoms with Crippen molar-refractivity contribution in [2.24, 2.45) is 0 Å². The number of carbonyl (C=O) groups is 3. The lowest BCUT2D eigenvalue weighted by Gasteiger charge is -2.16. The quantitative estimate of drug-likeness (QED) is 0.793. The predicted octanol–water partition coefficient (Wildman–Crippen LogP) is 2.62. The van der Waals surface area contributed by atoms with Crippen LogP contribution >= 0.6 is 0 Å². The first-order chi connectivity index (χ1) is 13.1. The van der Waals surface area contributed by atoms with E-state index in [0.717, 1.165) is 18.7 Å². The van der Waals surface area contributed by atoms with Gasteiger partial charge in [0.2, 0.25) is 5.91 Å². The van der Waals surface area contributed by atoms with Crippen molar-refractivity contribution < 1.29 is 23.9 Å². The Bertz CT molecular complexity index is 830. The summed E-state index contributed by atoms with van der Waals surface area (Å²) in [4.78, 5) is 36.9. The van der Waals surface area contributed by atoms with Crippen LogP contribution in [0.15, 0.2) is 48.5 Å². The number of esters is 1. The number of rotatable bonds is 6. The fourth-order valence-electron chi connectivity index (χ4n) is 2.80. The van der Waals surface area contributed by atoms with Crippen molar-refractivity contribution in [3.05, 3.63) is 54.1 Å². The number of carbonyl (C=O) groups excluding carboxylic acids is 3. The van der Waals surface area contributed by atoms with E-state index in [9.17, 15) is 14.4 Å². The number of benzene rings is 2. The van der Waals surface area contributed by atoms with Gasteiger partial charge in [-0.15, -0.1) is 0 Å². The zero-order valence-corrected chi connectivity index (χ0v) is 14.9. The standard InChI is InChI=1S/C20H20N2O5/c1-26-20(25)14-4-10-17(11-5-14)27-13-18(23)21-15-6-8-16(9-7-15)22-12-2-3-19(22)24/h4-11H,2-3,12-13H2,1H3,(H,21,23). The van der Waals surface area contributed by atoms with Crippen LogP contribution in [0.2, 0.25) is 0 Å². The van der Waals surface area contributed by atoms with Crippen LogP contribution in [0.25, 0.3) is 0 Å². The molecule has 1 heterocycles. The molecule has 27 heavy (non-hydrogen) atoms. The average molecular weight is 368 g/mol. The van der Waals surface area contributed by atoms with Gasteiger partial charge in [-0.1, -0.05) is 0 Å². The highest BCUT2D eigenvalue weighted by atomic mass is 16.5. The van der Waals surface area contributed by atoms with Crippen molar-refractivity contribution >= 4 is 29.2 Å². The zero-order valence-electron chi connectivity index (χ0n) is 14.9. The maximum Gasteiger partial charge on any atom is 0.337 e. The minimum absolute atomic E-state index is 0.124. The van der Waals surface area contributed by atoms with Gasteiger partial charge in [-0.3, -0.25) is 9.59 Å². The summed E-state index contributed by atoms with van der Waals surface area (Å²) in [6.45, 7) is 0.567. The molecule has 0 atom stereocenters. The molecule has 1 N–H and O–H groups in total. The lowest BCUT2D eigenvalue weighted by atomic mass is 10.2. The van der Waals surface area contributed by atoms with Crippen LogP contribution in [0.4, 0.5) is 11.4 Å². The molecule has 0 bridgehead atoms. The van der Waals surface area contributed by atoms with Gasteiger partial charge in [0.05, 0.1) is 12.7 Å². The van der Waals surface area contributed by atoms with Crippen LogP contribution in [-0.2, 0) is 14.3 Å². The first-order valence-electron chi connectivity index (χ1n) is 8.58. The van der Waals surface area contributed by atoms with Crippen molar-refractivity contribution in [3.8, 4) is 5.75 Å². The Morgan fingerprint density at radius 1 is 1.07 bits per heavy atom. The average Bonchev–Trinajstić information content (AvgIpc) is 3.12. The van der Waals surface area contributed by atoms with E-state index >= 15 is 0 Å².